The number of hydrogen-bond acceptors (Lipinski definition) is 8. The molecule has 0 atom stereocenters. The Morgan fingerprint density at radius 3 is 2.89 bits per heavy atom. The fraction of sp³-hybridized carbons (Fsp3) is 0.231. The molecule has 36 heavy (non-hydrogen) atoms. The number of nitrogens with one attached hydrogen (secondary N) is 2. The summed E-state index contributed by atoms with van der Waals surface area (Å²) in [5, 5.41) is 11.2. The quantitative estimate of drug-likeness (QED) is 0.363. The number of nitrogens with zero attached hydrogens (tertiary/aromatic N) is 4. The van der Waals surface area contributed by atoms with Crippen LogP contribution in [0.2, 0.25) is 0 Å². The maximum Gasteiger partial charge on any atom is 0.251 e. The summed E-state index contributed by atoms with van der Waals surface area (Å²) >= 11 is 1.61. The highest BCUT2D eigenvalue weighted by Crippen LogP contribution is 2.36. The van der Waals surface area contributed by atoms with Crippen molar-refractivity contribution in [2.75, 3.05) is 38.3 Å². The fourth-order valence-corrected chi connectivity index (χ4v) is 5.41. The van der Waals surface area contributed by atoms with Crippen LogP contribution in [-0.4, -0.2) is 59.5 Å². The van der Waals surface area contributed by atoms with Crippen LogP contribution in [0.1, 0.15) is 15.2 Å². The summed E-state index contributed by atoms with van der Waals surface area (Å²) in [7, 11) is 1.59. The first-order valence-corrected chi connectivity index (χ1v) is 12.5. The second-order valence-electron chi connectivity index (χ2n) is 8.45. The maximum atomic E-state index is 12.7. The summed E-state index contributed by atoms with van der Waals surface area (Å²) in [5.74, 6) is 2.04. The van der Waals surface area contributed by atoms with E-state index in [0.717, 1.165) is 50.5 Å². The first-order chi connectivity index (χ1) is 17.7. The minimum Gasteiger partial charge on any atom is -0.497 e. The molecule has 0 bridgehead atoms. The van der Waals surface area contributed by atoms with Crippen LogP contribution < -0.4 is 15.0 Å². The Labute approximate surface area is 211 Å². The summed E-state index contributed by atoms with van der Waals surface area (Å²) in [4.78, 5) is 25.9. The number of hydrogen-bond donors (Lipinski definition) is 2. The van der Waals surface area contributed by atoms with E-state index in [2.05, 4.69) is 20.4 Å². The molecule has 6 rings (SSSR count). The zero-order valence-electron chi connectivity index (χ0n) is 19.7. The smallest absolute Gasteiger partial charge is 0.251 e. The number of ether oxygens (including phenoxy) is 2. The largest absolute Gasteiger partial charge is 0.497 e. The second kappa shape index (κ2) is 9.56. The van der Waals surface area contributed by atoms with E-state index < -0.39 is 0 Å². The molecule has 1 amide bonds. The van der Waals surface area contributed by atoms with Crippen LogP contribution in [0.4, 0.5) is 5.82 Å². The van der Waals surface area contributed by atoms with Crippen molar-refractivity contribution in [3.63, 3.8) is 0 Å². The van der Waals surface area contributed by atoms with Crippen LogP contribution in [0.3, 0.4) is 0 Å². The van der Waals surface area contributed by atoms with Gasteiger partial charge in [0.25, 0.3) is 5.91 Å². The topological polar surface area (TPSA) is 105 Å². The lowest BCUT2D eigenvalue weighted by Crippen LogP contribution is -2.36. The van der Waals surface area contributed by atoms with Gasteiger partial charge in [0.15, 0.2) is 11.6 Å². The van der Waals surface area contributed by atoms with E-state index in [-0.39, 0.29) is 5.91 Å². The van der Waals surface area contributed by atoms with Crippen LogP contribution in [0.5, 0.6) is 5.75 Å². The number of morpholine rings is 1. The number of H-pyrrole nitrogens is 1. The lowest BCUT2D eigenvalue weighted by molar-refractivity contribution is 0.0951. The molecule has 182 valence electrons. The Hall–Kier alpha value is -4.02. The number of benzene rings is 2. The summed E-state index contributed by atoms with van der Waals surface area (Å²) in [6.45, 7) is 3.24. The zero-order chi connectivity index (χ0) is 24.5. The van der Waals surface area contributed by atoms with Gasteiger partial charge in [-0.2, -0.15) is 5.10 Å². The van der Waals surface area contributed by atoms with Crippen molar-refractivity contribution in [1.29, 1.82) is 0 Å². The monoisotopic (exact) mass is 500 g/mol. The molecule has 10 heteroatoms. The average Bonchev–Trinajstić information content (AvgIpc) is 3.58. The summed E-state index contributed by atoms with van der Waals surface area (Å²) < 4.78 is 11.8. The SMILES string of the molecule is COc1cccc(C(=O)NCc2cc3nc(-c4cccc5[nH]ncc45)nc(N4CCOCC4)c3s2)c1. The van der Waals surface area contributed by atoms with E-state index in [0.29, 0.717) is 36.9 Å². The van der Waals surface area contributed by atoms with Crippen LogP contribution in [0.25, 0.3) is 32.5 Å². The van der Waals surface area contributed by atoms with E-state index >= 15 is 0 Å². The summed E-state index contributed by atoms with van der Waals surface area (Å²) in [6, 6.07) is 15.1. The molecule has 1 aliphatic rings. The Morgan fingerprint density at radius 2 is 2.03 bits per heavy atom. The maximum absolute atomic E-state index is 12.7. The van der Waals surface area contributed by atoms with Crippen LogP contribution in [0.15, 0.2) is 54.7 Å². The molecule has 4 heterocycles. The van der Waals surface area contributed by atoms with Gasteiger partial charge in [-0.3, -0.25) is 9.89 Å². The van der Waals surface area contributed by atoms with E-state index in [9.17, 15) is 4.79 Å². The lowest BCUT2D eigenvalue weighted by Gasteiger charge is -2.28. The normalized spacial score (nSPS) is 13.9. The van der Waals surface area contributed by atoms with Gasteiger partial charge in [0.1, 0.15) is 5.75 Å². The van der Waals surface area contributed by atoms with Crippen molar-refractivity contribution in [1.82, 2.24) is 25.5 Å². The number of methoxy groups -OCH3 is 1. The Bertz CT molecular complexity index is 1560. The van der Waals surface area contributed by atoms with Gasteiger partial charge in [-0.15, -0.1) is 11.3 Å². The molecule has 2 aromatic carbocycles. The third-order valence-electron chi connectivity index (χ3n) is 6.20. The molecule has 0 radical (unpaired) electrons. The average molecular weight is 501 g/mol. The van der Waals surface area contributed by atoms with Gasteiger partial charge in [-0.25, -0.2) is 9.97 Å². The zero-order valence-corrected chi connectivity index (χ0v) is 20.5. The summed E-state index contributed by atoms with van der Waals surface area (Å²) in [5.41, 5.74) is 3.28. The second-order valence-corrected chi connectivity index (χ2v) is 9.59. The molecule has 1 fully saturated rings. The first kappa shape index (κ1) is 22.4. The molecule has 5 aromatic rings. The third-order valence-corrected chi connectivity index (χ3v) is 7.32. The van der Waals surface area contributed by atoms with Crippen molar-refractivity contribution >= 4 is 44.2 Å². The molecular weight excluding hydrogens is 476 g/mol. The highest BCUT2D eigenvalue weighted by molar-refractivity contribution is 7.19. The van der Waals surface area contributed by atoms with Gasteiger partial charge in [0, 0.05) is 34.5 Å². The van der Waals surface area contributed by atoms with Crippen molar-refractivity contribution < 1.29 is 14.3 Å². The number of carbonyl (C=O) groups excluding carboxylic acids is 1. The number of aromatic nitrogens is 4. The number of fused-ring (bicyclic) bond motifs is 2. The van der Waals surface area contributed by atoms with Crippen LogP contribution in [0, 0.1) is 0 Å². The molecule has 0 aliphatic carbocycles. The van der Waals surface area contributed by atoms with Crippen LogP contribution >= 0.6 is 11.3 Å². The molecule has 1 saturated heterocycles. The molecular formula is C26H24N6O3S. The van der Waals surface area contributed by atoms with Crippen molar-refractivity contribution in [2.24, 2.45) is 0 Å². The highest BCUT2D eigenvalue weighted by Gasteiger charge is 2.21. The number of anilines is 1. The molecule has 9 nitrogen and oxygen atoms in total. The van der Waals surface area contributed by atoms with Crippen LogP contribution in [-0.2, 0) is 11.3 Å². The molecule has 3 aromatic heterocycles. The number of thiophene rings is 1. The first-order valence-electron chi connectivity index (χ1n) is 11.7. The number of amides is 1. The Kier molecular flexibility index (Phi) is 5.96. The van der Waals surface area contributed by atoms with Crippen molar-refractivity contribution in [3.05, 3.63) is 65.2 Å². The van der Waals surface area contributed by atoms with E-state index in [1.54, 1.807) is 42.8 Å². The number of rotatable bonds is 6. The van der Waals surface area contributed by atoms with Crippen molar-refractivity contribution in [3.8, 4) is 17.1 Å². The van der Waals surface area contributed by atoms with Crippen molar-refractivity contribution in [2.45, 2.75) is 6.54 Å². The number of carbonyl (C=O) groups is 1. The molecule has 0 unspecified atom stereocenters. The van der Waals surface area contributed by atoms with E-state index in [4.69, 9.17) is 19.4 Å². The molecule has 1 aliphatic heterocycles. The van der Waals surface area contributed by atoms with E-state index in [1.807, 2.05) is 30.3 Å². The minimum absolute atomic E-state index is 0.154. The third kappa shape index (κ3) is 4.25. The molecule has 0 saturated carbocycles. The van der Waals surface area contributed by atoms with Gasteiger partial charge in [-0.1, -0.05) is 18.2 Å². The van der Waals surface area contributed by atoms with Gasteiger partial charge in [0.2, 0.25) is 0 Å². The van der Waals surface area contributed by atoms with Gasteiger partial charge < -0.3 is 19.7 Å². The molecule has 2 N–H and O–H groups in total. The summed E-state index contributed by atoms with van der Waals surface area (Å²) in [6.07, 6.45) is 1.81. The minimum atomic E-state index is -0.154. The lowest BCUT2D eigenvalue weighted by atomic mass is 10.1. The predicted molar refractivity (Wildman–Crippen MR) is 140 cm³/mol. The fourth-order valence-electron chi connectivity index (χ4n) is 4.36. The highest BCUT2D eigenvalue weighted by atomic mass is 32.1. The number of aromatic amines is 1. The van der Waals surface area contributed by atoms with E-state index in [1.165, 1.54) is 0 Å². The Morgan fingerprint density at radius 1 is 1.17 bits per heavy atom. The van der Waals surface area contributed by atoms with Gasteiger partial charge in [0.05, 0.1) is 48.8 Å². The van der Waals surface area contributed by atoms with Gasteiger partial charge >= 0.3 is 0 Å². The predicted octanol–water partition coefficient (Wildman–Crippen LogP) is 4.01. The standard InChI is InChI=1S/C26H24N6O3S/c1-34-17-5-2-4-16(12-17)26(33)27-14-18-13-22-23(36-18)25(32-8-10-35-11-9-32)30-24(29-22)19-6-3-7-21-20(19)15-28-31-21/h2-7,12-13,15H,8-11,14H2,1H3,(H,27,33)(H,28,31). The molecule has 0 spiro atoms. The van der Waals surface area contributed by atoms with Gasteiger partial charge in [-0.05, 0) is 30.3 Å². The Balaban J connectivity index is 1.36.